The van der Waals surface area contributed by atoms with Gasteiger partial charge in [-0.2, -0.15) is 0 Å². The van der Waals surface area contributed by atoms with Crippen LogP contribution in [-0.4, -0.2) is 29.4 Å². The highest BCUT2D eigenvalue weighted by Gasteiger charge is 2.16. The van der Waals surface area contributed by atoms with Gasteiger partial charge in [-0.05, 0) is 5.92 Å². The molecule has 0 spiro atoms. The van der Waals surface area contributed by atoms with Crippen LogP contribution in [0, 0.1) is 5.92 Å². The first-order chi connectivity index (χ1) is 7.33. The summed E-state index contributed by atoms with van der Waals surface area (Å²) < 4.78 is 24.2. The molecule has 0 saturated heterocycles. The maximum Gasteiger partial charge on any atom is 0.154 e. The van der Waals surface area contributed by atoms with Gasteiger partial charge >= 0.3 is 0 Å². The van der Waals surface area contributed by atoms with Crippen LogP contribution in [-0.2, 0) is 28.0 Å². The predicted octanol–water partition coefficient (Wildman–Crippen LogP) is 1.22. The second-order valence-corrected chi connectivity index (χ2v) is 6.65. The van der Waals surface area contributed by atoms with Gasteiger partial charge in [0.25, 0.3) is 0 Å². The van der Waals surface area contributed by atoms with Crippen LogP contribution >= 0.6 is 11.6 Å². The molecule has 7 heteroatoms. The summed E-state index contributed by atoms with van der Waals surface area (Å²) in [5, 5.41) is 7.76. The summed E-state index contributed by atoms with van der Waals surface area (Å²) >= 11 is 5.73. The van der Waals surface area contributed by atoms with Crippen LogP contribution in [0.25, 0.3) is 0 Å². The van der Waals surface area contributed by atoms with E-state index in [1.54, 1.807) is 4.57 Å². The molecule has 0 fully saturated rings. The monoisotopic (exact) mass is 265 g/mol. The SMILES string of the molecule is CC(C)Cn1c(CCl)nnc1CS(C)(=O)=O. The van der Waals surface area contributed by atoms with E-state index in [0.717, 1.165) is 0 Å². The molecule has 0 aliphatic heterocycles. The van der Waals surface area contributed by atoms with Crippen molar-refractivity contribution in [1.29, 1.82) is 0 Å². The Morgan fingerprint density at radius 2 is 1.88 bits per heavy atom. The van der Waals surface area contributed by atoms with Gasteiger partial charge in [0.15, 0.2) is 9.84 Å². The van der Waals surface area contributed by atoms with Gasteiger partial charge in [-0.25, -0.2) is 8.42 Å². The van der Waals surface area contributed by atoms with Crippen molar-refractivity contribution in [3.05, 3.63) is 11.6 Å². The third kappa shape index (κ3) is 3.75. The summed E-state index contributed by atoms with van der Waals surface area (Å²) in [6.07, 6.45) is 1.18. The molecule has 0 aliphatic carbocycles. The van der Waals surface area contributed by atoms with Crippen molar-refractivity contribution in [3.8, 4) is 0 Å². The van der Waals surface area contributed by atoms with Gasteiger partial charge in [0, 0.05) is 12.8 Å². The second kappa shape index (κ2) is 5.14. The average Bonchev–Trinajstić information content (AvgIpc) is 2.45. The Labute approximate surface area is 101 Å². The molecule has 1 aromatic rings. The molecule has 0 bridgehead atoms. The first kappa shape index (κ1) is 13.4. The largest absolute Gasteiger partial charge is 0.313 e. The van der Waals surface area contributed by atoms with Gasteiger partial charge in [-0.15, -0.1) is 21.8 Å². The molecular weight excluding hydrogens is 250 g/mol. The van der Waals surface area contributed by atoms with E-state index in [4.69, 9.17) is 11.6 Å². The molecule has 16 heavy (non-hydrogen) atoms. The Balaban J connectivity index is 3.04. The van der Waals surface area contributed by atoms with E-state index in [9.17, 15) is 8.42 Å². The van der Waals surface area contributed by atoms with Gasteiger partial charge in [0.2, 0.25) is 0 Å². The number of nitrogens with zero attached hydrogens (tertiary/aromatic N) is 3. The van der Waals surface area contributed by atoms with Gasteiger partial charge < -0.3 is 4.57 Å². The summed E-state index contributed by atoms with van der Waals surface area (Å²) in [5.74, 6) is 1.62. The van der Waals surface area contributed by atoms with E-state index < -0.39 is 9.84 Å². The minimum atomic E-state index is -3.10. The normalized spacial score (nSPS) is 12.3. The Kier molecular flexibility index (Phi) is 4.32. The molecule has 5 nitrogen and oxygen atoms in total. The van der Waals surface area contributed by atoms with Crippen LogP contribution in [0.4, 0.5) is 0 Å². The lowest BCUT2D eigenvalue weighted by molar-refractivity contribution is 0.500. The van der Waals surface area contributed by atoms with Crippen LogP contribution in [0.5, 0.6) is 0 Å². The number of halogens is 1. The highest BCUT2D eigenvalue weighted by Crippen LogP contribution is 2.11. The first-order valence-corrected chi connectivity index (χ1v) is 7.57. The maximum absolute atomic E-state index is 11.2. The van der Waals surface area contributed by atoms with Gasteiger partial charge in [-0.1, -0.05) is 13.8 Å². The third-order valence-electron chi connectivity index (χ3n) is 1.96. The summed E-state index contributed by atoms with van der Waals surface area (Å²) in [5.41, 5.74) is 0. The smallest absolute Gasteiger partial charge is 0.154 e. The van der Waals surface area contributed by atoms with E-state index in [0.29, 0.717) is 24.1 Å². The maximum atomic E-state index is 11.2. The molecule has 1 heterocycles. The van der Waals surface area contributed by atoms with E-state index in [-0.39, 0.29) is 11.6 Å². The van der Waals surface area contributed by atoms with Crippen LogP contribution < -0.4 is 0 Å². The zero-order valence-electron chi connectivity index (χ0n) is 9.64. The number of hydrogen-bond acceptors (Lipinski definition) is 4. The fourth-order valence-corrected chi connectivity index (χ4v) is 2.27. The summed E-state index contributed by atoms with van der Waals surface area (Å²) in [7, 11) is -3.10. The lowest BCUT2D eigenvalue weighted by atomic mass is 10.2. The van der Waals surface area contributed by atoms with E-state index in [1.165, 1.54) is 6.26 Å². The molecule has 0 amide bonds. The molecule has 0 atom stereocenters. The quantitative estimate of drug-likeness (QED) is 0.751. The third-order valence-corrected chi connectivity index (χ3v) is 2.98. The molecular formula is C9H16ClN3O2S. The first-order valence-electron chi connectivity index (χ1n) is 4.98. The standard InChI is InChI=1S/C9H16ClN3O2S/c1-7(2)5-13-8(4-10)11-12-9(13)6-16(3,14)15/h7H,4-6H2,1-3H3. The average molecular weight is 266 g/mol. The second-order valence-electron chi connectivity index (χ2n) is 4.24. The molecule has 0 radical (unpaired) electrons. The summed E-state index contributed by atoms with van der Waals surface area (Å²) in [4.78, 5) is 0. The number of aromatic nitrogens is 3. The molecule has 0 aliphatic rings. The van der Waals surface area contributed by atoms with Crippen molar-refractivity contribution in [2.45, 2.75) is 32.0 Å². The van der Waals surface area contributed by atoms with Crippen molar-refractivity contribution in [3.63, 3.8) is 0 Å². The topological polar surface area (TPSA) is 64.8 Å². The van der Waals surface area contributed by atoms with Crippen molar-refractivity contribution in [2.75, 3.05) is 6.26 Å². The minimum absolute atomic E-state index is 0.0936. The number of alkyl halides is 1. The lowest BCUT2D eigenvalue weighted by Crippen LogP contribution is -2.14. The zero-order valence-corrected chi connectivity index (χ0v) is 11.2. The van der Waals surface area contributed by atoms with Gasteiger partial charge in [0.1, 0.15) is 17.4 Å². The number of hydrogen-bond donors (Lipinski definition) is 0. The Hall–Kier alpha value is -0.620. The molecule has 0 saturated carbocycles. The Morgan fingerprint density at radius 3 is 2.31 bits per heavy atom. The van der Waals surface area contributed by atoms with Crippen LogP contribution in [0.1, 0.15) is 25.5 Å². The highest BCUT2D eigenvalue weighted by atomic mass is 35.5. The van der Waals surface area contributed by atoms with Crippen LogP contribution in [0.2, 0.25) is 0 Å². The molecule has 92 valence electrons. The summed E-state index contributed by atoms with van der Waals surface area (Å²) in [6.45, 7) is 4.77. The van der Waals surface area contributed by atoms with Gasteiger partial charge in [0.05, 0.1) is 5.88 Å². The van der Waals surface area contributed by atoms with Gasteiger partial charge in [-0.3, -0.25) is 0 Å². The van der Waals surface area contributed by atoms with Crippen molar-refractivity contribution >= 4 is 21.4 Å². The molecule has 0 N–H and O–H groups in total. The van der Waals surface area contributed by atoms with Crippen LogP contribution in [0.15, 0.2) is 0 Å². The highest BCUT2D eigenvalue weighted by molar-refractivity contribution is 7.89. The van der Waals surface area contributed by atoms with E-state index >= 15 is 0 Å². The fourth-order valence-electron chi connectivity index (χ4n) is 1.39. The van der Waals surface area contributed by atoms with Crippen molar-refractivity contribution < 1.29 is 8.42 Å². The predicted molar refractivity (Wildman–Crippen MR) is 63.0 cm³/mol. The van der Waals surface area contributed by atoms with E-state index in [2.05, 4.69) is 10.2 Å². The zero-order chi connectivity index (χ0) is 12.3. The molecule has 1 rings (SSSR count). The Morgan fingerprint density at radius 1 is 1.31 bits per heavy atom. The molecule has 0 unspecified atom stereocenters. The van der Waals surface area contributed by atoms with E-state index in [1.807, 2.05) is 13.8 Å². The van der Waals surface area contributed by atoms with Crippen molar-refractivity contribution in [1.82, 2.24) is 14.8 Å². The summed E-state index contributed by atoms with van der Waals surface area (Å²) in [6, 6.07) is 0. The minimum Gasteiger partial charge on any atom is -0.313 e. The molecule has 0 aromatic carbocycles. The van der Waals surface area contributed by atoms with Crippen LogP contribution in [0.3, 0.4) is 0 Å². The number of rotatable bonds is 5. The number of sulfone groups is 1. The van der Waals surface area contributed by atoms with Crippen molar-refractivity contribution in [2.24, 2.45) is 5.92 Å². The molecule has 1 aromatic heterocycles. The lowest BCUT2D eigenvalue weighted by Gasteiger charge is -2.11. The fraction of sp³-hybridized carbons (Fsp3) is 0.778. The Bertz CT molecular complexity index is 453.